The van der Waals surface area contributed by atoms with Crippen molar-refractivity contribution in [2.45, 2.75) is 37.1 Å². The zero-order chi connectivity index (χ0) is 14.8. The molecule has 2 aromatic rings. The number of hydrogen-bond acceptors (Lipinski definition) is 6. The number of nitrogens with zero attached hydrogens (tertiary/aromatic N) is 2. The Morgan fingerprint density at radius 3 is 2.65 bits per heavy atom. The van der Waals surface area contributed by atoms with E-state index < -0.39 is 15.6 Å². The van der Waals surface area contributed by atoms with Gasteiger partial charge in [0.05, 0.1) is 0 Å². The molecule has 1 heterocycles. The summed E-state index contributed by atoms with van der Waals surface area (Å²) in [4.78, 5) is 0.0470. The maximum atomic E-state index is 12.3. The van der Waals surface area contributed by atoms with Gasteiger partial charge in [-0.05, 0) is 35.3 Å². The van der Waals surface area contributed by atoms with Crippen molar-refractivity contribution in [2.24, 2.45) is 5.73 Å². The minimum absolute atomic E-state index is 0.0470. The Morgan fingerprint density at radius 2 is 2.00 bits per heavy atom. The molecule has 0 saturated carbocycles. The first-order valence-electron chi connectivity index (χ1n) is 6.42. The SMILES string of the molecule is CCC(N)(CC)CNS(=O)(=O)c1cccc2nonc12. The van der Waals surface area contributed by atoms with E-state index in [9.17, 15) is 8.42 Å². The molecule has 0 unspecified atom stereocenters. The van der Waals surface area contributed by atoms with Crippen LogP contribution in [-0.2, 0) is 10.0 Å². The van der Waals surface area contributed by atoms with Gasteiger partial charge in [0.25, 0.3) is 0 Å². The summed E-state index contributed by atoms with van der Waals surface area (Å²) in [6.45, 7) is 4.03. The Hall–Kier alpha value is -1.51. The van der Waals surface area contributed by atoms with Crippen LogP contribution in [0.2, 0.25) is 0 Å². The van der Waals surface area contributed by atoms with Crippen molar-refractivity contribution >= 4 is 21.1 Å². The van der Waals surface area contributed by atoms with E-state index in [-0.39, 0.29) is 17.0 Å². The lowest BCUT2D eigenvalue weighted by Gasteiger charge is -2.26. The van der Waals surface area contributed by atoms with E-state index in [1.54, 1.807) is 12.1 Å². The summed E-state index contributed by atoms with van der Waals surface area (Å²) >= 11 is 0. The molecule has 2 rings (SSSR count). The molecule has 0 atom stereocenters. The van der Waals surface area contributed by atoms with Gasteiger partial charge in [-0.25, -0.2) is 17.8 Å². The lowest BCUT2D eigenvalue weighted by molar-refractivity contribution is 0.315. The van der Waals surface area contributed by atoms with E-state index >= 15 is 0 Å². The highest BCUT2D eigenvalue weighted by Gasteiger charge is 2.26. The molecule has 3 N–H and O–H groups in total. The van der Waals surface area contributed by atoms with Crippen LogP contribution in [0.4, 0.5) is 0 Å². The lowest BCUT2D eigenvalue weighted by Crippen LogP contribution is -2.49. The van der Waals surface area contributed by atoms with Crippen LogP contribution in [0.1, 0.15) is 26.7 Å². The van der Waals surface area contributed by atoms with Gasteiger partial charge >= 0.3 is 0 Å². The molecule has 0 fully saturated rings. The molecule has 20 heavy (non-hydrogen) atoms. The van der Waals surface area contributed by atoms with E-state index in [4.69, 9.17) is 5.73 Å². The van der Waals surface area contributed by atoms with Crippen LogP contribution in [0.15, 0.2) is 27.7 Å². The minimum Gasteiger partial charge on any atom is -0.324 e. The van der Waals surface area contributed by atoms with Gasteiger partial charge in [-0.1, -0.05) is 19.9 Å². The van der Waals surface area contributed by atoms with Crippen LogP contribution in [0.3, 0.4) is 0 Å². The zero-order valence-electron chi connectivity index (χ0n) is 11.5. The molecule has 0 aliphatic heterocycles. The maximum absolute atomic E-state index is 12.3. The first-order valence-corrected chi connectivity index (χ1v) is 7.90. The van der Waals surface area contributed by atoms with Crippen LogP contribution in [0.25, 0.3) is 11.0 Å². The number of rotatable bonds is 6. The average Bonchev–Trinajstić information content (AvgIpc) is 2.93. The molecular weight excluding hydrogens is 280 g/mol. The Morgan fingerprint density at radius 1 is 1.30 bits per heavy atom. The molecule has 1 aromatic heterocycles. The van der Waals surface area contributed by atoms with Crippen LogP contribution in [-0.4, -0.2) is 30.8 Å². The first kappa shape index (κ1) is 14.9. The summed E-state index contributed by atoms with van der Waals surface area (Å²) in [7, 11) is -3.70. The molecule has 0 radical (unpaired) electrons. The van der Waals surface area contributed by atoms with Crippen LogP contribution in [0.5, 0.6) is 0 Å². The van der Waals surface area contributed by atoms with Crippen LogP contribution >= 0.6 is 0 Å². The Bertz CT molecular complexity index is 692. The smallest absolute Gasteiger partial charge is 0.242 e. The van der Waals surface area contributed by atoms with Gasteiger partial charge in [-0.15, -0.1) is 0 Å². The van der Waals surface area contributed by atoms with Crippen molar-refractivity contribution in [2.75, 3.05) is 6.54 Å². The predicted octanol–water partition coefficient (Wildman–Crippen LogP) is 1.02. The van der Waals surface area contributed by atoms with Crippen LogP contribution < -0.4 is 10.5 Å². The molecule has 0 spiro atoms. The number of nitrogens with one attached hydrogen (secondary N) is 1. The number of fused-ring (bicyclic) bond motifs is 1. The minimum atomic E-state index is -3.70. The van der Waals surface area contributed by atoms with Gasteiger partial charge in [-0.2, -0.15) is 0 Å². The van der Waals surface area contributed by atoms with E-state index in [0.717, 1.165) is 0 Å². The quantitative estimate of drug-likeness (QED) is 0.823. The van der Waals surface area contributed by atoms with Gasteiger partial charge in [0.2, 0.25) is 10.0 Å². The fraction of sp³-hybridized carbons (Fsp3) is 0.500. The Labute approximate surface area is 117 Å². The van der Waals surface area contributed by atoms with E-state index in [1.807, 2.05) is 13.8 Å². The molecule has 0 aliphatic carbocycles. The summed E-state index contributed by atoms with van der Waals surface area (Å²) in [5.74, 6) is 0. The fourth-order valence-corrected chi connectivity index (χ4v) is 3.10. The second kappa shape index (κ2) is 5.47. The van der Waals surface area contributed by atoms with E-state index in [2.05, 4.69) is 19.7 Å². The van der Waals surface area contributed by atoms with Crippen molar-refractivity contribution in [1.29, 1.82) is 0 Å². The molecule has 110 valence electrons. The summed E-state index contributed by atoms with van der Waals surface area (Å²) in [5, 5.41) is 7.26. The number of benzene rings is 1. The molecular formula is C12H18N4O3S. The summed E-state index contributed by atoms with van der Waals surface area (Å²) in [6, 6.07) is 4.69. The standard InChI is InChI=1S/C12H18N4O3S/c1-3-12(13,4-2)8-14-20(17,18)10-7-5-6-9-11(10)16-19-15-9/h5-7,14H,3-4,8,13H2,1-2H3. The van der Waals surface area contributed by atoms with Crippen molar-refractivity contribution in [3.05, 3.63) is 18.2 Å². The monoisotopic (exact) mass is 298 g/mol. The average molecular weight is 298 g/mol. The predicted molar refractivity (Wildman–Crippen MR) is 74.5 cm³/mol. The highest BCUT2D eigenvalue weighted by molar-refractivity contribution is 7.89. The third kappa shape index (κ3) is 2.82. The van der Waals surface area contributed by atoms with Crippen molar-refractivity contribution in [3.63, 3.8) is 0 Å². The molecule has 1 aromatic carbocycles. The number of nitrogens with two attached hydrogens (primary N) is 1. The second-order valence-corrected chi connectivity index (χ2v) is 6.52. The van der Waals surface area contributed by atoms with Gasteiger partial charge in [-0.3, -0.25) is 0 Å². The highest BCUT2D eigenvalue weighted by atomic mass is 32.2. The topological polar surface area (TPSA) is 111 Å². The Balaban J connectivity index is 2.29. The van der Waals surface area contributed by atoms with Gasteiger partial charge < -0.3 is 5.73 Å². The Kier molecular flexibility index (Phi) is 4.07. The molecule has 0 aliphatic rings. The lowest BCUT2D eigenvalue weighted by atomic mass is 9.95. The normalized spacial score (nSPS) is 12.9. The van der Waals surface area contributed by atoms with Crippen molar-refractivity contribution < 1.29 is 13.0 Å². The first-order chi connectivity index (χ1) is 9.42. The highest BCUT2D eigenvalue weighted by Crippen LogP contribution is 2.20. The number of sulfonamides is 1. The molecule has 8 heteroatoms. The largest absolute Gasteiger partial charge is 0.324 e. The number of hydrogen-bond donors (Lipinski definition) is 2. The fourth-order valence-electron chi connectivity index (χ4n) is 1.81. The molecule has 0 bridgehead atoms. The molecule has 0 saturated heterocycles. The third-order valence-corrected chi connectivity index (χ3v) is 4.99. The molecule has 7 nitrogen and oxygen atoms in total. The molecule has 0 amide bonds. The summed E-state index contributed by atoms with van der Waals surface area (Å²) in [5.41, 5.74) is 6.17. The maximum Gasteiger partial charge on any atom is 0.242 e. The van der Waals surface area contributed by atoms with Crippen molar-refractivity contribution in [3.8, 4) is 0 Å². The van der Waals surface area contributed by atoms with E-state index in [1.165, 1.54) is 6.07 Å². The summed E-state index contributed by atoms with van der Waals surface area (Å²) < 4.78 is 31.8. The third-order valence-electron chi connectivity index (χ3n) is 3.56. The van der Waals surface area contributed by atoms with Crippen LogP contribution in [0, 0.1) is 0 Å². The van der Waals surface area contributed by atoms with E-state index in [0.29, 0.717) is 18.4 Å². The van der Waals surface area contributed by atoms with Gasteiger partial charge in [0.1, 0.15) is 10.4 Å². The van der Waals surface area contributed by atoms with Gasteiger partial charge in [0.15, 0.2) is 5.52 Å². The van der Waals surface area contributed by atoms with Gasteiger partial charge in [0, 0.05) is 12.1 Å². The number of aromatic nitrogens is 2. The summed E-state index contributed by atoms with van der Waals surface area (Å²) in [6.07, 6.45) is 1.36. The second-order valence-electron chi connectivity index (χ2n) is 4.78. The zero-order valence-corrected chi connectivity index (χ0v) is 12.3. The van der Waals surface area contributed by atoms with Crippen molar-refractivity contribution in [1.82, 2.24) is 15.0 Å².